The van der Waals surface area contributed by atoms with Crippen LogP contribution in [0.4, 0.5) is 0 Å². The molecule has 0 heterocycles. The van der Waals surface area contributed by atoms with Gasteiger partial charge in [-0.15, -0.1) is 0 Å². The molecule has 1 N–H and O–H groups in total. The van der Waals surface area contributed by atoms with Crippen LogP contribution in [-0.4, -0.2) is 21.5 Å². The van der Waals surface area contributed by atoms with Crippen LogP contribution in [0.5, 0.6) is 5.75 Å². The van der Waals surface area contributed by atoms with Crippen LogP contribution >= 0.6 is 23.2 Å². The quantitative estimate of drug-likeness (QED) is 0.211. The lowest BCUT2D eigenvalue weighted by Crippen LogP contribution is -2.25. The highest BCUT2D eigenvalue weighted by Gasteiger charge is 2.32. The number of rotatable bonds is 15. The van der Waals surface area contributed by atoms with E-state index in [1.807, 2.05) is 0 Å². The van der Waals surface area contributed by atoms with Crippen LogP contribution in [0.3, 0.4) is 0 Å². The molecule has 0 bridgehead atoms. The lowest BCUT2D eigenvalue weighted by Gasteiger charge is -2.23. The van der Waals surface area contributed by atoms with Crippen molar-refractivity contribution in [2.75, 3.05) is 0 Å². The van der Waals surface area contributed by atoms with E-state index in [0.29, 0.717) is 18.3 Å². The van der Waals surface area contributed by atoms with Gasteiger partial charge in [-0.3, -0.25) is 0 Å². The zero-order chi connectivity index (χ0) is 22.7. The van der Waals surface area contributed by atoms with E-state index >= 15 is 0 Å². The number of hydrogen-bond acceptors (Lipinski definition) is 2. The number of carboxylic acids is 1. The molecular formula is C25H40Cl2O3. The number of carboxylic acid groups (broad SMARTS) is 1. The summed E-state index contributed by atoms with van der Waals surface area (Å²) in [6, 6.07) is 6.52. The van der Waals surface area contributed by atoms with Crippen LogP contribution in [0.15, 0.2) is 18.2 Å². The van der Waals surface area contributed by atoms with Crippen LogP contribution < -0.4 is 4.74 Å². The van der Waals surface area contributed by atoms with E-state index in [-0.39, 0.29) is 6.10 Å². The molecule has 0 aromatic heterocycles. The number of carbonyl (C=O) groups is 1. The number of halogens is 2. The predicted octanol–water partition coefficient (Wildman–Crippen LogP) is 8.47. The second-order valence-corrected chi connectivity index (χ2v) is 10.5. The van der Waals surface area contributed by atoms with Crippen molar-refractivity contribution < 1.29 is 14.6 Å². The average molecular weight is 459 g/mol. The summed E-state index contributed by atoms with van der Waals surface area (Å²) in [5, 5.41) is 8.89. The highest BCUT2D eigenvalue weighted by molar-refractivity contribution is 6.57. The monoisotopic (exact) mass is 458 g/mol. The molecule has 0 aliphatic rings. The Morgan fingerprint density at radius 3 is 1.83 bits per heavy atom. The van der Waals surface area contributed by atoms with Crippen molar-refractivity contribution in [1.82, 2.24) is 0 Å². The van der Waals surface area contributed by atoms with E-state index in [1.165, 1.54) is 24.0 Å². The van der Waals surface area contributed by atoms with Crippen molar-refractivity contribution in [1.29, 1.82) is 0 Å². The van der Waals surface area contributed by atoms with Crippen molar-refractivity contribution >= 4 is 29.2 Å². The Labute approximate surface area is 193 Å². The third-order valence-electron chi connectivity index (χ3n) is 5.55. The third-order valence-corrected chi connectivity index (χ3v) is 6.25. The zero-order valence-corrected chi connectivity index (χ0v) is 20.9. The molecule has 1 aromatic rings. The Balaban J connectivity index is 2.29. The highest BCUT2D eigenvalue weighted by Crippen LogP contribution is 2.35. The Bertz CT molecular complexity index is 615. The van der Waals surface area contributed by atoms with E-state index in [9.17, 15) is 4.79 Å². The number of unbranched alkanes of at least 4 members (excludes halogenated alkanes) is 6. The molecular weight excluding hydrogens is 419 g/mol. The minimum Gasteiger partial charge on any atom is -0.490 e. The largest absolute Gasteiger partial charge is 0.490 e. The lowest BCUT2D eigenvalue weighted by molar-refractivity contribution is -0.138. The van der Waals surface area contributed by atoms with Gasteiger partial charge in [0.2, 0.25) is 4.33 Å². The molecule has 0 aliphatic heterocycles. The third kappa shape index (κ3) is 9.47. The minimum atomic E-state index is -1.64. The topological polar surface area (TPSA) is 46.5 Å². The van der Waals surface area contributed by atoms with E-state index < -0.39 is 10.3 Å². The first-order chi connectivity index (χ1) is 14.1. The van der Waals surface area contributed by atoms with E-state index in [0.717, 1.165) is 44.3 Å². The van der Waals surface area contributed by atoms with Crippen molar-refractivity contribution in [2.45, 2.75) is 115 Å². The van der Waals surface area contributed by atoms with Crippen molar-refractivity contribution in [3.8, 4) is 5.75 Å². The molecule has 30 heavy (non-hydrogen) atoms. The molecule has 0 radical (unpaired) electrons. The minimum absolute atomic E-state index is 0.207. The van der Waals surface area contributed by atoms with Crippen LogP contribution in [0.25, 0.3) is 0 Å². The average Bonchev–Trinajstić information content (AvgIpc) is 2.66. The molecule has 0 spiro atoms. The molecule has 3 nitrogen and oxygen atoms in total. The van der Waals surface area contributed by atoms with Gasteiger partial charge in [0.15, 0.2) is 0 Å². The van der Waals surface area contributed by atoms with Crippen LogP contribution in [0, 0.1) is 0 Å². The Morgan fingerprint density at radius 1 is 0.900 bits per heavy atom. The van der Waals surface area contributed by atoms with Gasteiger partial charge in [0.05, 0.1) is 6.10 Å². The second kappa shape index (κ2) is 13.5. The first-order valence-corrected chi connectivity index (χ1v) is 12.2. The molecule has 1 atom stereocenters. The smallest absolute Gasteiger partial charge is 0.340 e. The maximum Gasteiger partial charge on any atom is 0.340 e. The molecule has 172 valence electrons. The number of ether oxygens (including phenoxy) is 1. The Hall–Kier alpha value is -0.930. The van der Waals surface area contributed by atoms with Crippen molar-refractivity contribution in [3.63, 3.8) is 0 Å². The SMILES string of the molecule is CC(CCCCCCCCCC(Cl)(Cl)C(=O)O)Oc1c(C(C)C)cccc1C(C)C. The number of alkyl halides is 2. The van der Waals surface area contributed by atoms with Crippen LogP contribution in [0.2, 0.25) is 0 Å². The molecule has 1 rings (SSSR count). The molecule has 5 heteroatoms. The normalized spacial score (nSPS) is 13.1. The van der Waals surface area contributed by atoms with Gasteiger partial charge in [-0.25, -0.2) is 4.79 Å². The first-order valence-electron chi connectivity index (χ1n) is 11.5. The standard InChI is InChI=1S/C25H40Cl2O3/c1-18(2)21-15-13-16-22(19(3)4)23(21)30-20(5)14-11-9-7-6-8-10-12-17-25(26,27)24(28)29/h13,15-16,18-20H,6-12,14,17H2,1-5H3,(H,28,29). The fraction of sp³-hybridized carbons (Fsp3) is 0.720. The van der Waals surface area contributed by atoms with Gasteiger partial charge < -0.3 is 9.84 Å². The molecule has 0 amide bonds. The Kier molecular flexibility index (Phi) is 12.2. The van der Waals surface area contributed by atoms with E-state index in [1.54, 1.807) is 0 Å². The zero-order valence-electron chi connectivity index (χ0n) is 19.3. The van der Waals surface area contributed by atoms with Crippen LogP contribution in [-0.2, 0) is 4.79 Å². The van der Waals surface area contributed by atoms with Gasteiger partial charge in [-0.1, -0.05) is 101 Å². The van der Waals surface area contributed by atoms with Gasteiger partial charge in [-0.2, -0.15) is 0 Å². The fourth-order valence-corrected chi connectivity index (χ4v) is 3.92. The van der Waals surface area contributed by atoms with E-state index in [4.69, 9.17) is 33.0 Å². The van der Waals surface area contributed by atoms with Crippen LogP contribution in [0.1, 0.15) is 115 Å². The van der Waals surface area contributed by atoms with Crippen molar-refractivity contribution in [3.05, 3.63) is 29.3 Å². The molecule has 0 saturated heterocycles. The number of aliphatic carboxylic acids is 1. The lowest BCUT2D eigenvalue weighted by atomic mass is 9.94. The summed E-state index contributed by atoms with van der Waals surface area (Å²) in [7, 11) is 0. The van der Waals surface area contributed by atoms with Gasteiger partial charge in [-0.05, 0) is 55.6 Å². The summed E-state index contributed by atoms with van der Waals surface area (Å²) in [5.41, 5.74) is 2.60. The van der Waals surface area contributed by atoms with E-state index in [2.05, 4.69) is 52.8 Å². The fourth-order valence-electron chi connectivity index (χ4n) is 3.65. The molecule has 1 aromatic carbocycles. The van der Waals surface area contributed by atoms with Gasteiger partial charge >= 0.3 is 5.97 Å². The summed E-state index contributed by atoms with van der Waals surface area (Å²) in [6.45, 7) is 11.1. The number of hydrogen-bond donors (Lipinski definition) is 1. The molecule has 0 saturated carbocycles. The highest BCUT2D eigenvalue weighted by atomic mass is 35.5. The summed E-state index contributed by atoms with van der Waals surface area (Å²) in [6.07, 6.45) is 9.09. The van der Waals surface area contributed by atoms with Gasteiger partial charge in [0.25, 0.3) is 0 Å². The number of para-hydroxylation sites is 1. The molecule has 1 unspecified atom stereocenters. The summed E-state index contributed by atoms with van der Waals surface area (Å²) >= 11 is 11.5. The summed E-state index contributed by atoms with van der Waals surface area (Å²) in [4.78, 5) is 10.9. The van der Waals surface area contributed by atoms with Gasteiger partial charge in [0.1, 0.15) is 5.75 Å². The second-order valence-electron chi connectivity index (χ2n) is 9.03. The van der Waals surface area contributed by atoms with Gasteiger partial charge in [0, 0.05) is 0 Å². The summed E-state index contributed by atoms with van der Waals surface area (Å²) < 4.78 is 4.80. The molecule has 0 aliphatic carbocycles. The number of benzene rings is 1. The summed E-state index contributed by atoms with van der Waals surface area (Å²) in [5.74, 6) is 0.832. The predicted molar refractivity (Wildman–Crippen MR) is 128 cm³/mol. The molecule has 0 fully saturated rings. The van der Waals surface area contributed by atoms with Crippen molar-refractivity contribution in [2.24, 2.45) is 0 Å². The maximum atomic E-state index is 10.9. The maximum absolute atomic E-state index is 10.9. The first kappa shape index (κ1) is 27.1. The Morgan fingerprint density at radius 2 is 1.37 bits per heavy atom.